The maximum Gasteiger partial charge on any atom is 0.266 e. The molecule has 0 unspecified atom stereocenters. The maximum atomic E-state index is 12.8. The van der Waals surface area contributed by atoms with E-state index in [1.807, 2.05) is 88.4 Å². The molecular weight excluding hydrogens is 336 g/mol. The first kappa shape index (κ1) is 20.3. The molecule has 2 aromatic rings. The van der Waals surface area contributed by atoms with Crippen LogP contribution < -0.4 is 4.74 Å². The van der Waals surface area contributed by atoms with Crippen molar-refractivity contribution in [3.05, 3.63) is 66.2 Å². The number of carbonyl (C=O) groups is 1. The smallest absolute Gasteiger partial charge is 0.266 e. The molecule has 0 fully saturated rings. The molecule has 0 saturated carbocycles. The van der Waals surface area contributed by atoms with E-state index in [1.165, 1.54) is 0 Å². The van der Waals surface area contributed by atoms with Crippen LogP contribution in [0.2, 0.25) is 0 Å². The Hall–Kier alpha value is -3.06. The van der Waals surface area contributed by atoms with Gasteiger partial charge in [0, 0.05) is 17.6 Å². The quantitative estimate of drug-likeness (QED) is 0.455. The molecule has 0 aromatic heterocycles. The minimum absolute atomic E-state index is 0.0224. The molecule has 0 spiro atoms. The van der Waals surface area contributed by atoms with E-state index in [0.29, 0.717) is 11.6 Å². The summed E-state index contributed by atoms with van der Waals surface area (Å²) in [5.74, 6) is 7.13. The van der Waals surface area contributed by atoms with E-state index in [2.05, 4.69) is 16.8 Å². The molecule has 2 rings (SSSR count). The van der Waals surface area contributed by atoms with Crippen LogP contribution in [0.1, 0.15) is 33.3 Å². The van der Waals surface area contributed by atoms with Crippen LogP contribution in [0.4, 0.5) is 0 Å². The van der Waals surface area contributed by atoms with Gasteiger partial charge in [0.05, 0.1) is 0 Å². The summed E-state index contributed by atoms with van der Waals surface area (Å²) >= 11 is 0. The van der Waals surface area contributed by atoms with E-state index < -0.39 is 0 Å². The molecule has 0 saturated heterocycles. The molecule has 4 heteroatoms. The number of carbonyl (C=O) groups excluding carboxylic acids is 1. The number of hydrogen-bond acceptors (Lipinski definition) is 3. The lowest BCUT2D eigenvalue weighted by atomic mass is 10.2. The van der Waals surface area contributed by atoms with E-state index >= 15 is 0 Å². The molecule has 0 bridgehead atoms. The number of amides is 1. The molecule has 0 N–H and O–H groups in total. The number of hydrogen-bond donors (Lipinski definition) is 0. The third-order valence-electron chi connectivity index (χ3n) is 3.59. The highest BCUT2D eigenvalue weighted by molar-refractivity contribution is 6.08. The van der Waals surface area contributed by atoms with Gasteiger partial charge in [0.1, 0.15) is 5.75 Å². The molecule has 0 radical (unpaired) electrons. The summed E-state index contributed by atoms with van der Waals surface area (Å²) in [6.07, 6.45) is 0. The van der Waals surface area contributed by atoms with Crippen molar-refractivity contribution >= 4 is 11.7 Å². The van der Waals surface area contributed by atoms with Crippen LogP contribution in [0.5, 0.6) is 5.75 Å². The Morgan fingerprint density at radius 3 is 2.15 bits per heavy atom. The van der Waals surface area contributed by atoms with E-state index in [1.54, 1.807) is 4.90 Å². The molecule has 4 nitrogen and oxygen atoms in total. The van der Waals surface area contributed by atoms with Gasteiger partial charge in [-0.15, -0.1) is 0 Å². The molecular formula is C23H26N2O2. The Kier molecular flexibility index (Phi) is 7.63. The summed E-state index contributed by atoms with van der Waals surface area (Å²) < 4.78 is 5.62. The summed E-state index contributed by atoms with van der Waals surface area (Å²) in [7, 11) is 0. The predicted molar refractivity (Wildman–Crippen MR) is 110 cm³/mol. The van der Waals surface area contributed by atoms with Crippen LogP contribution in [0.25, 0.3) is 0 Å². The minimum atomic E-state index is -0.171. The van der Waals surface area contributed by atoms with Crippen molar-refractivity contribution in [3.8, 4) is 17.6 Å². The molecule has 2 aromatic carbocycles. The monoisotopic (exact) mass is 362 g/mol. The zero-order chi connectivity index (χ0) is 19.6. The lowest BCUT2D eigenvalue weighted by Gasteiger charge is -2.26. The summed E-state index contributed by atoms with van der Waals surface area (Å²) in [6.45, 7) is 7.76. The van der Waals surface area contributed by atoms with Gasteiger partial charge in [0.15, 0.2) is 12.4 Å². The van der Waals surface area contributed by atoms with Gasteiger partial charge in [-0.2, -0.15) is 0 Å². The number of nitrogens with zero attached hydrogens (tertiary/aromatic N) is 2. The largest absolute Gasteiger partial charge is 0.484 e. The third kappa shape index (κ3) is 6.63. The summed E-state index contributed by atoms with van der Waals surface area (Å²) in [5, 5.41) is 0. The number of amidine groups is 1. The van der Waals surface area contributed by atoms with E-state index in [-0.39, 0.29) is 24.6 Å². The number of aliphatic imine (C=N–C) groups is 1. The van der Waals surface area contributed by atoms with E-state index in [4.69, 9.17) is 4.74 Å². The summed E-state index contributed by atoms with van der Waals surface area (Å²) in [5.41, 5.74) is 0.880. The first-order chi connectivity index (χ1) is 13.0. The van der Waals surface area contributed by atoms with Crippen molar-refractivity contribution in [1.82, 2.24) is 4.90 Å². The maximum absolute atomic E-state index is 12.8. The van der Waals surface area contributed by atoms with Gasteiger partial charge in [-0.1, -0.05) is 42.3 Å². The van der Waals surface area contributed by atoms with Gasteiger partial charge < -0.3 is 4.74 Å². The van der Waals surface area contributed by atoms with Crippen LogP contribution in [0.3, 0.4) is 0 Å². The summed E-state index contributed by atoms with van der Waals surface area (Å²) in [4.78, 5) is 19.0. The first-order valence-electron chi connectivity index (χ1n) is 9.12. The molecule has 0 aliphatic carbocycles. The Balaban J connectivity index is 2.23. The van der Waals surface area contributed by atoms with Crippen LogP contribution >= 0.6 is 0 Å². The molecule has 0 aliphatic heterocycles. The van der Waals surface area contributed by atoms with Gasteiger partial charge in [-0.3, -0.25) is 14.7 Å². The minimum Gasteiger partial charge on any atom is -0.484 e. The zero-order valence-electron chi connectivity index (χ0n) is 16.3. The molecule has 1 amide bonds. The highest BCUT2D eigenvalue weighted by atomic mass is 16.5. The van der Waals surface area contributed by atoms with Crippen LogP contribution in [0, 0.1) is 11.8 Å². The Labute approximate surface area is 161 Å². The third-order valence-corrected chi connectivity index (χ3v) is 3.59. The number of ether oxygens (including phenoxy) is 1. The van der Waals surface area contributed by atoms with Crippen molar-refractivity contribution in [2.75, 3.05) is 6.61 Å². The molecule has 0 aliphatic rings. The molecule has 0 heterocycles. The normalized spacial score (nSPS) is 11.1. The Bertz CT molecular complexity index is 816. The van der Waals surface area contributed by atoms with Crippen molar-refractivity contribution in [1.29, 1.82) is 0 Å². The average molecular weight is 362 g/mol. The summed E-state index contributed by atoms with van der Waals surface area (Å²) in [6, 6.07) is 18.9. The topological polar surface area (TPSA) is 41.9 Å². The number of benzene rings is 2. The van der Waals surface area contributed by atoms with Crippen LogP contribution in [-0.2, 0) is 4.79 Å². The lowest BCUT2D eigenvalue weighted by Crippen LogP contribution is -2.44. The highest BCUT2D eigenvalue weighted by Gasteiger charge is 2.22. The van der Waals surface area contributed by atoms with Gasteiger partial charge in [-0.25, -0.2) is 0 Å². The fourth-order valence-corrected chi connectivity index (χ4v) is 2.43. The van der Waals surface area contributed by atoms with Crippen molar-refractivity contribution in [2.24, 2.45) is 4.99 Å². The van der Waals surface area contributed by atoms with Crippen LogP contribution in [-0.4, -0.2) is 35.3 Å². The molecule has 140 valence electrons. The van der Waals surface area contributed by atoms with Crippen molar-refractivity contribution in [3.63, 3.8) is 0 Å². The fourth-order valence-electron chi connectivity index (χ4n) is 2.43. The van der Waals surface area contributed by atoms with E-state index in [0.717, 1.165) is 5.56 Å². The van der Waals surface area contributed by atoms with Crippen molar-refractivity contribution < 1.29 is 9.53 Å². The van der Waals surface area contributed by atoms with Gasteiger partial charge in [-0.05, 0) is 57.9 Å². The molecule has 27 heavy (non-hydrogen) atoms. The number of rotatable bonds is 5. The number of para-hydroxylation sites is 1. The second-order valence-electron chi connectivity index (χ2n) is 6.62. The fraction of sp³-hybridized carbons (Fsp3) is 0.304. The predicted octanol–water partition coefficient (Wildman–Crippen LogP) is 4.16. The van der Waals surface area contributed by atoms with Crippen LogP contribution in [0.15, 0.2) is 65.7 Å². The second kappa shape index (κ2) is 10.2. The van der Waals surface area contributed by atoms with Gasteiger partial charge >= 0.3 is 0 Å². The second-order valence-corrected chi connectivity index (χ2v) is 6.62. The van der Waals surface area contributed by atoms with E-state index in [9.17, 15) is 4.79 Å². The average Bonchev–Trinajstić information content (AvgIpc) is 2.65. The highest BCUT2D eigenvalue weighted by Crippen LogP contribution is 2.10. The van der Waals surface area contributed by atoms with Gasteiger partial charge in [0.25, 0.3) is 5.91 Å². The first-order valence-corrected chi connectivity index (χ1v) is 9.12. The lowest BCUT2D eigenvalue weighted by molar-refractivity contribution is -0.130. The van der Waals surface area contributed by atoms with Crippen molar-refractivity contribution in [2.45, 2.75) is 39.8 Å². The van der Waals surface area contributed by atoms with Gasteiger partial charge in [0.2, 0.25) is 0 Å². The standard InChI is InChI=1S/C23H26N2O2/c1-18(2)24-22(16-15-20-11-7-5-8-12-20)25(19(3)4)23(26)17-27-21-13-9-6-10-14-21/h5-14,18-19H,17H2,1-4H3. The molecule has 0 atom stereocenters. The Morgan fingerprint density at radius 2 is 1.59 bits per heavy atom. The Morgan fingerprint density at radius 1 is 1.00 bits per heavy atom. The SMILES string of the molecule is CC(C)N=C(C#Cc1ccccc1)N(C(=O)COc1ccccc1)C(C)C. The zero-order valence-corrected chi connectivity index (χ0v) is 16.3.